The van der Waals surface area contributed by atoms with E-state index in [2.05, 4.69) is 15.5 Å². The van der Waals surface area contributed by atoms with Gasteiger partial charge in [-0.05, 0) is 18.4 Å². The summed E-state index contributed by atoms with van der Waals surface area (Å²) in [7, 11) is 0. The third-order valence-corrected chi connectivity index (χ3v) is 5.37. The number of carbonyl (C=O) groups excluding carboxylic acids is 2. The number of benzene rings is 1. The van der Waals surface area contributed by atoms with Gasteiger partial charge < -0.3 is 19.7 Å². The maximum Gasteiger partial charge on any atom is 0.243 e. The fourth-order valence-electron chi connectivity index (χ4n) is 3.47. The van der Waals surface area contributed by atoms with E-state index in [4.69, 9.17) is 9.47 Å². The third-order valence-electron chi connectivity index (χ3n) is 4.84. The van der Waals surface area contributed by atoms with Gasteiger partial charge in [0.1, 0.15) is 29.8 Å². The molecule has 150 valence electrons. The van der Waals surface area contributed by atoms with Gasteiger partial charge in [-0.3, -0.25) is 9.59 Å². The molecule has 0 spiro atoms. The molecule has 2 atom stereocenters. The third kappa shape index (κ3) is 4.29. The zero-order valence-corrected chi connectivity index (χ0v) is 16.4. The molecule has 3 heterocycles. The number of hydrogen-bond donors (Lipinski definition) is 1. The van der Waals surface area contributed by atoms with E-state index in [-0.39, 0.29) is 36.6 Å². The molecule has 0 aliphatic carbocycles. The van der Waals surface area contributed by atoms with E-state index < -0.39 is 0 Å². The molecule has 1 N–H and O–H groups in total. The van der Waals surface area contributed by atoms with Crippen molar-refractivity contribution in [3.63, 3.8) is 0 Å². The second kappa shape index (κ2) is 8.46. The van der Waals surface area contributed by atoms with E-state index in [1.807, 2.05) is 30.5 Å². The molecule has 2 aliphatic heterocycles. The summed E-state index contributed by atoms with van der Waals surface area (Å²) in [6.45, 7) is 1.82. The Bertz CT molecular complexity index is 810. The van der Waals surface area contributed by atoms with E-state index >= 15 is 0 Å². The topological polar surface area (TPSA) is 98.6 Å². The minimum absolute atomic E-state index is 0.0367. The molecule has 2 aromatic rings. The number of aromatic nitrogens is 3. The molecule has 4 rings (SSSR count). The number of nitrogens with zero attached hydrogens (tertiary/aromatic N) is 4. The van der Waals surface area contributed by atoms with Crippen molar-refractivity contribution >= 4 is 34.6 Å². The molecule has 2 amide bonds. The number of rotatable bonds is 5. The maximum atomic E-state index is 12.4. The van der Waals surface area contributed by atoms with Crippen LogP contribution >= 0.6 is 11.8 Å². The van der Waals surface area contributed by atoms with E-state index in [1.54, 1.807) is 4.90 Å². The first-order valence-electron chi connectivity index (χ1n) is 9.21. The van der Waals surface area contributed by atoms with Crippen LogP contribution in [0.3, 0.4) is 0 Å². The van der Waals surface area contributed by atoms with E-state index in [1.165, 1.54) is 16.6 Å². The van der Waals surface area contributed by atoms with Gasteiger partial charge in [-0.2, -0.15) is 26.8 Å². The molecule has 28 heavy (non-hydrogen) atoms. The highest BCUT2D eigenvalue weighted by atomic mass is 32.2. The monoisotopic (exact) mass is 405 g/mol. The van der Waals surface area contributed by atoms with Crippen LogP contribution in [-0.4, -0.2) is 88.3 Å². The number of thioether (sulfide) groups is 1. The van der Waals surface area contributed by atoms with Crippen molar-refractivity contribution in [2.24, 2.45) is 0 Å². The van der Waals surface area contributed by atoms with Crippen molar-refractivity contribution in [2.75, 3.05) is 38.3 Å². The lowest BCUT2D eigenvalue weighted by Crippen LogP contribution is -2.43. The van der Waals surface area contributed by atoms with Gasteiger partial charge in [0.05, 0.1) is 25.0 Å². The first-order valence-corrected chi connectivity index (χ1v) is 10.6. The summed E-state index contributed by atoms with van der Waals surface area (Å²) < 4.78 is 11.8. The summed E-state index contributed by atoms with van der Waals surface area (Å²) in [6.07, 6.45) is 1.62. The second-order valence-corrected chi connectivity index (χ2v) is 7.82. The van der Waals surface area contributed by atoms with Gasteiger partial charge in [0.25, 0.3) is 0 Å². The average molecular weight is 405 g/mol. The van der Waals surface area contributed by atoms with Crippen LogP contribution in [0.25, 0.3) is 11.0 Å². The van der Waals surface area contributed by atoms with Crippen molar-refractivity contribution in [3.8, 4) is 0 Å². The second-order valence-electron chi connectivity index (χ2n) is 6.96. The van der Waals surface area contributed by atoms with E-state index in [0.717, 1.165) is 11.0 Å². The van der Waals surface area contributed by atoms with Crippen molar-refractivity contribution < 1.29 is 19.1 Å². The number of carbonyl (C=O) groups is 2. The van der Waals surface area contributed by atoms with E-state index in [9.17, 15) is 9.59 Å². The Labute approximate surface area is 166 Å². The summed E-state index contributed by atoms with van der Waals surface area (Å²) in [6, 6.07) is 7.24. The normalized spacial score (nSPS) is 22.8. The largest absolute Gasteiger partial charge is 0.371 e. The fraction of sp³-hybridized carbons (Fsp3) is 0.556. The van der Waals surface area contributed by atoms with Gasteiger partial charge in [0, 0.05) is 13.1 Å². The van der Waals surface area contributed by atoms with E-state index in [0.29, 0.717) is 32.1 Å². The SMILES string of the molecule is CSCC(=O)N1C[C@@H]2OCC(NC(=O)Cn3nc4ccccc4n3)CO[C@H]2C1. The van der Waals surface area contributed by atoms with Crippen LogP contribution in [0.2, 0.25) is 0 Å². The molecular weight excluding hydrogens is 382 g/mol. The summed E-state index contributed by atoms with van der Waals surface area (Å²) in [5.74, 6) is 0.382. The maximum absolute atomic E-state index is 12.4. The highest BCUT2D eigenvalue weighted by Crippen LogP contribution is 2.21. The summed E-state index contributed by atoms with van der Waals surface area (Å²) in [4.78, 5) is 27.6. The first kappa shape index (κ1) is 19.2. The number of hydrogen-bond acceptors (Lipinski definition) is 7. The van der Waals surface area contributed by atoms with Crippen LogP contribution in [0.1, 0.15) is 0 Å². The van der Waals surface area contributed by atoms with Gasteiger partial charge >= 0.3 is 0 Å². The molecule has 9 nitrogen and oxygen atoms in total. The highest BCUT2D eigenvalue weighted by Gasteiger charge is 2.39. The van der Waals surface area contributed by atoms with Crippen molar-refractivity contribution in [1.82, 2.24) is 25.2 Å². The Hall–Kier alpha value is -2.17. The molecule has 1 aromatic heterocycles. The summed E-state index contributed by atoms with van der Waals surface area (Å²) in [5, 5.41) is 11.5. The van der Waals surface area contributed by atoms with Gasteiger partial charge in [0.15, 0.2) is 0 Å². The summed E-state index contributed by atoms with van der Waals surface area (Å²) >= 11 is 1.51. The van der Waals surface area contributed by atoms with Crippen molar-refractivity contribution in [1.29, 1.82) is 0 Å². The Morgan fingerprint density at radius 3 is 2.32 bits per heavy atom. The van der Waals surface area contributed by atoms with Crippen molar-refractivity contribution in [3.05, 3.63) is 24.3 Å². The molecule has 2 aliphatic rings. The molecular formula is C18H23N5O4S. The molecule has 0 unspecified atom stereocenters. The average Bonchev–Trinajstić information content (AvgIpc) is 3.22. The van der Waals surface area contributed by atoms with Crippen LogP contribution in [0, 0.1) is 0 Å². The quantitative estimate of drug-likeness (QED) is 0.742. The van der Waals surface area contributed by atoms with Crippen molar-refractivity contribution in [2.45, 2.75) is 24.8 Å². The first-order chi connectivity index (χ1) is 13.6. The minimum atomic E-state index is -0.238. The van der Waals surface area contributed by atoms with Gasteiger partial charge in [-0.15, -0.1) is 0 Å². The number of ether oxygens (including phenoxy) is 2. The van der Waals surface area contributed by atoms with Crippen LogP contribution < -0.4 is 5.32 Å². The molecule has 0 saturated carbocycles. The molecule has 0 bridgehead atoms. The minimum Gasteiger partial charge on any atom is -0.371 e. The fourth-order valence-corrected chi connectivity index (χ4v) is 3.90. The number of amides is 2. The molecule has 10 heteroatoms. The van der Waals surface area contributed by atoms with Gasteiger partial charge in [0.2, 0.25) is 11.8 Å². The zero-order valence-electron chi connectivity index (χ0n) is 15.6. The molecule has 2 fully saturated rings. The predicted molar refractivity (Wildman–Crippen MR) is 104 cm³/mol. The summed E-state index contributed by atoms with van der Waals surface area (Å²) in [5.41, 5.74) is 1.51. The number of nitrogens with one attached hydrogen (secondary N) is 1. The van der Waals surface area contributed by atoms with Gasteiger partial charge in [-0.25, -0.2) is 0 Å². The zero-order chi connectivity index (χ0) is 19.5. The highest BCUT2D eigenvalue weighted by molar-refractivity contribution is 7.99. The Morgan fingerprint density at radius 2 is 1.75 bits per heavy atom. The lowest BCUT2D eigenvalue weighted by molar-refractivity contribution is -0.128. The number of likely N-dealkylation sites (tertiary alicyclic amines) is 1. The predicted octanol–water partition coefficient (Wildman–Crippen LogP) is -0.0947. The van der Waals surface area contributed by atoms with Crippen LogP contribution in [0.4, 0.5) is 0 Å². The lowest BCUT2D eigenvalue weighted by Gasteiger charge is -2.19. The standard InChI is InChI=1S/C18H23N5O4S/c1-28-11-18(25)22-6-15-16(7-22)27-10-12(9-26-15)19-17(24)8-23-20-13-4-2-3-5-14(13)21-23/h2-5,12,15-16H,6-11H2,1H3,(H,19,24)/t15-,16-/m0/s1. The van der Waals surface area contributed by atoms with Crippen LogP contribution in [0.5, 0.6) is 0 Å². The smallest absolute Gasteiger partial charge is 0.243 e. The Balaban J connectivity index is 1.28. The van der Waals surface area contributed by atoms with Crippen LogP contribution in [-0.2, 0) is 25.6 Å². The molecule has 1 aromatic carbocycles. The molecule has 0 radical (unpaired) electrons. The number of fused-ring (bicyclic) bond motifs is 2. The lowest BCUT2D eigenvalue weighted by atomic mass is 10.3. The molecule has 2 saturated heterocycles. The Kier molecular flexibility index (Phi) is 5.79. The van der Waals surface area contributed by atoms with Crippen LogP contribution in [0.15, 0.2) is 24.3 Å². The Morgan fingerprint density at radius 1 is 1.14 bits per heavy atom. The van der Waals surface area contributed by atoms with Gasteiger partial charge in [-0.1, -0.05) is 12.1 Å².